The molecule has 174 valence electrons. The molecule has 18 heteroatoms. The zero-order valence-electron chi connectivity index (χ0n) is 15.7. The third kappa shape index (κ3) is 7.61. The lowest BCUT2D eigenvalue weighted by atomic mass is 10.1. The highest BCUT2D eigenvalue weighted by atomic mass is 31.3. The van der Waals surface area contributed by atoms with Crippen LogP contribution in [0.1, 0.15) is 31.4 Å². The van der Waals surface area contributed by atoms with Crippen molar-refractivity contribution in [1.82, 2.24) is 9.55 Å². The smallest absolute Gasteiger partial charge is 0.349 e. The number of hydrogen-bond acceptors (Lipinski definition) is 14. The predicted molar refractivity (Wildman–Crippen MR) is 94.2 cm³/mol. The molecule has 0 saturated heterocycles. The van der Waals surface area contributed by atoms with E-state index < -0.39 is 53.8 Å². The molecule has 1 aliphatic carbocycles. The fourth-order valence-electron chi connectivity index (χ4n) is 2.92. The van der Waals surface area contributed by atoms with Crippen molar-refractivity contribution in [2.75, 3.05) is 12.3 Å². The number of nitrogens with zero attached hydrogens (tertiary/aromatic N) is 2. The van der Waals surface area contributed by atoms with Crippen LogP contribution < -0.4 is 31.0 Å². The Hall–Kier alpha value is -1.39. The first-order valence-electron chi connectivity index (χ1n) is 8.33. The minimum atomic E-state index is -6.10. The number of aromatic nitrogens is 2. The average Bonchev–Trinajstić information content (AvgIpc) is 2.93. The molecule has 1 aromatic rings. The standard InChI is InChI=1S/C13H20N3O12P3/c1-2-3-8-6-16(13(18)15-12(8)14)10-4-9(11(17)5-10)7-26-30(22,23)28-31(24,25)27-29(19,20)21/h6,9-11,17H,4-5,7H2,1H3,(H,22,23)(H,24,25)(H2,14,15,18)(H2,19,20,21)/p-4/t9-,10-,11-/m1/s1. The summed E-state index contributed by atoms with van der Waals surface area (Å²) < 4.78 is 45.1. The maximum absolute atomic E-state index is 12.1. The van der Waals surface area contributed by atoms with Gasteiger partial charge < -0.3 is 39.5 Å². The van der Waals surface area contributed by atoms with E-state index in [4.69, 9.17) is 5.73 Å². The molecular formula is C13H16N3O12P3-4. The zero-order chi connectivity index (χ0) is 23.6. The summed E-state index contributed by atoms with van der Waals surface area (Å²) in [7, 11) is -17.9. The Bertz CT molecular complexity index is 1090. The Kier molecular flexibility index (Phi) is 8.03. The van der Waals surface area contributed by atoms with Crippen molar-refractivity contribution in [2.45, 2.75) is 31.9 Å². The van der Waals surface area contributed by atoms with E-state index in [0.29, 0.717) is 0 Å². The van der Waals surface area contributed by atoms with Gasteiger partial charge in [0.25, 0.3) is 15.6 Å². The molecule has 0 radical (unpaired) electrons. The fraction of sp³-hybridized carbons (Fsp3) is 0.538. The quantitative estimate of drug-likeness (QED) is 0.273. The fourth-order valence-corrected chi connectivity index (χ4v) is 5.83. The van der Waals surface area contributed by atoms with Gasteiger partial charge in [-0.05, 0) is 19.8 Å². The number of nitrogen functional groups attached to an aromatic ring is 1. The molecule has 2 unspecified atom stereocenters. The van der Waals surface area contributed by atoms with Crippen molar-refractivity contribution in [3.8, 4) is 11.8 Å². The number of phosphoric ester groups is 1. The Morgan fingerprint density at radius 2 is 1.87 bits per heavy atom. The topological polar surface area (TPSA) is 252 Å². The number of phosphoric acid groups is 3. The van der Waals surface area contributed by atoms with E-state index in [9.17, 15) is 43.2 Å². The maximum atomic E-state index is 12.1. The second-order valence-corrected chi connectivity index (χ2v) is 10.6. The summed E-state index contributed by atoms with van der Waals surface area (Å²) >= 11 is 0. The molecule has 0 aliphatic heterocycles. The third-order valence-corrected chi connectivity index (χ3v) is 7.78. The number of hydrogen-bond donors (Lipinski definition) is 2. The lowest BCUT2D eigenvalue weighted by Crippen LogP contribution is -2.27. The molecule has 2 rings (SSSR count). The number of aliphatic hydroxyl groups excluding tert-OH is 1. The van der Waals surface area contributed by atoms with Gasteiger partial charge in [0, 0.05) is 18.2 Å². The Balaban J connectivity index is 2.07. The number of aliphatic hydroxyl groups is 1. The largest absolute Gasteiger partial charge is 0.790 e. The van der Waals surface area contributed by atoms with Crippen molar-refractivity contribution < 1.29 is 51.5 Å². The normalized spacial score (nSPS) is 25.3. The second-order valence-electron chi connectivity index (χ2n) is 6.36. The number of rotatable bonds is 8. The van der Waals surface area contributed by atoms with E-state index in [1.165, 1.54) is 10.8 Å². The maximum Gasteiger partial charge on any atom is 0.349 e. The van der Waals surface area contributed by atoms with Crippen LogP contribution in [0.3, 0.4) is 0 Å². The minimum absolute atomic E-state index is 0.00124. The second kappa shape index (κ2) is 9.62. The summed E-state index contributed by atoms with van der Waals surface area (Å²) in [5, 5.41) is 10.2. The summed E-state index contributed by atoms with van der Waals surface area (Å²) in [6.07, 6.45) is 0.210. The van der Waals surface area contributed by atoms with Gasteiger partial charge in [-0.15, -0.1) is 5.92 Å². The van der Waals surface area contributed by atoms with Gasteiger partial charge in [-0.2, -0.15) is 4.98 Å². The molecule has 0 spiro atoms. The van der Waals surface area contributed by atoms with Crippen LogP contribution in [-0.2, 0) is 26.8 Å². The lowest BCUT2D eigenvalue weighted by Gasteiger charge is -2.37. The Morgan fingerprint density at radius 3 is 2.45 bits per heavy atom. The van der Waals surface area contributed by atoms with Crippen LogP contribution in [0.15, 0.2) is 11.0 Å². The molecule has 1 aliphatic rings. The van der Waals surface area contributed by atoms with Gasteiger partial charge in [0.2, 0.25) is 0 Å². The molecule has 15 nitrogen and oxygen atoms in total. The van der Waals surface area contributed by atoms with Crippen LogP contribution in [0, 0.1) is 17.8 Å². The SMILES string of the molecule is CC#Cc1cn([C@@H]2C[C@H](COP(=O)([O-])OP(=O)([O-])OP(=O)([O-])[O-])[C@H](O)C2)c(=O)nc1N. The number of anilines is 1. The highest BCUT2D eigenvalue weighted by Crippen LogP contribution is 2.60. The first-order chi connectivity index (χ1) is 14.1. The van der Waals surface area contributed by atoms with Crippen molar-refractivity contribution in [2.24, 2.45) is 5.92 Å². The van der Waals surface area contributed by atoms with E-state index in [2.05, 4.69) is 30.0 Å². The van der Waals surface area contributed by atoms with Gasteiger partial charge in [0.1, 0.15) is 5.82 Å². The summed E-state index contributed by atoms with van der Waals surface area (Å²) in [5.74, 6) is 4.29. The molecule has 3 N–H and O–H groups in total. The molecule has 0 bridgehead atoms. The van der Waals surface area contributed by atoms with Crippen molar-refractivity contribution in [3.63, 3.8) is 0 Å². The summed E-state index contributed by atoms with van der Waals surface area (Å²) in [4.78, 5) is 59.2. The highest BCUT2D eigenvalue weighted by Gasteiger charge is 2.36. The van der Waals surface area contributed by atoms with Gasteiger partial charge in [-0.1, -0.05) is 5.92 Å². The molecule has 1 aromatic heterocycles. The lowest BCUT2D eigenvalue weighted by molar-refractivity contribution is -0.339. The van der Waals surface area contributed by atoms with E-state index in [1.54, 1.807) is 6.92 Å². The first-order valence-corrected chi connectivity index (χ1v) is 12.7. The van der Waals surface area contributed by atoms with E-state index in [1.807, 2.05) is 0 Å². The highest BCUT2D eigenvalue weighted by molar-refractivity contribution is 7.64. The summed E-state index contributed by atoms with van der Waals surface area (Å²) in [6.45, 7) is 0.771. The van der Waals surface area contributed by atoms with Crippen molar-refractivity contribution in [3.05, 3.63) is 22.2 Å². The molecule has 0 aromatic carbocycles. The molecular weight excluding hydrogens is 483 g/mol. The first kappa shape index (κ1) is 25.9. The molecule has 1 saturated carbocycles. The van der Waals surface area contributed by atoms with Gasteiger partial charge >= 0.3 is 5.69 Å². The average molecular weight is 499 g/mol. The van der Waals surface area contributed by atoms with Crippen LogP contribution in [-0.4, -0.2) is 27.4 Å². The van der Waals surface area contributed by atoms with Gasteiger partial charge in [0.05, 0.1) is 26.1 Å². The molecule has 5 atom stereocenters. The molecule has 1 fully saturated rings. The van der Waals surface area contributed by atoms with E-state index in [0.717, 1.165) is 0 Å². The van der Waals surface area contributed by atoms with E-state index >= 15 is 0 Å². The Labute approximate surface area is 175 Å². The number of nitrogens with two attached hydrogens (primary N) is 1. The van der Waals surface area contributed by atoms with Gasteiger partial charge in [-0.25, -0.2) is 9.11 Å². The monoisotopic (exact) mass is 499 g/mol. The zero-order valence-corrected chi connectivity index (χ0v) is 18.4. The molecule has 1 heterocycles. The van der Waals surface area contributed by atoms with Crippen LogP contribution in [0.2, 0.25) is 0 Å². The van der Waals surface area contributed by atoms with Crippen molar-refractivity contribution in [1.29, 1.82) is 0 Å². The minimum Gasteiger partial charge on any atom is -0.790 e. The molecule has 31 heavy (non-hydrogen) atoms. The van der Waals surface area contributed by atoms with Gasteiger partial charge in [-0.3, -0.25) is 18.0 Å². The molecule has 0 amide bonds. The van der Waals surface area contributed by atoms with Crippen LogP contribution >= 0.6 is 23.5 Å². The summed E-state index contributed by atoms with van der Waals surface area (Å²) in [6, 6.07) is -0.630. The Morgan fingerprint density at radius 1 is 1.23 bits per heavy atom. The predicted octanol–water partition coefficient (Wildman–Crippen LogP) is -2.68. The summed E-state index contributed by atoms with van der Waals surface area (Å²) in [5.41, 5.74) is 5.17. The van der Waals surface area contributed by atoms with E-state index in [-0.39, 0.29) is 24.2 Å². The third-order valence-electron chi connectivity index (χ3n) is 4.11. The van der Waals surface area contributed by atoms with Crippen molar-refractivity contribution >= 4 is 29.3 Å². The van der Waals surface area contributed by atoms with Crippen LogP contribution in [0.4, 0.5) is 5.82 Å². The van der Waals surface area contributed by atoms with Gasteiger partial charge in [0.15, 0.2) is 0 Å². The van der Waals surface area contributed by atoms with Crippen LogP contribution in [0.5, 0.6) is 0 Å². The van der Waals surface area contributed by atoms with Crippen LogP contribution in [0.25, 0.3) is 0 Å².